The van der Waals surface area contributed by atoms with Gasteiger partial charge in [0.15, 0.2) is 0 Å². The van der Waals surface area contributed by atoms with Gasteiger partial charge in [0.1, 0.15) is 11.9 Å². The number of pyridine rings is 1. The Bertz CT molecular complexity index is 900. The minimum atomic E-state index is -1.17. The third-order valence-corrected chi connectivity index (χ3v) is 5.37. The van der Waals surface area contributed by atoms with Crippen molar-refractivity contribution >= 4 is 23.6 Å². The molecule has 152 valence electrons. The summed E-state index contributed by atoms with van der Waals surface area (Å²) in [5, 5.41) is 9.64. The number of carbonyl (C=O) groups is 3. The Hall–Kier alpha value is -3.22. The van der Waals surface area contributed by atoms with Crippen molar-refractivity contribution in [2.24, 2.45) is 5.92 Å². The van der Waals surface area contributed by atoms with E-state index < -0.39 is 29.7 Å². The standard InChI is InChI=1S/C22H25N3O4/c1-2-6-16(15-7-4-3-5-8-15)13-19(26)25-20(22(28)29)17(21(25)27)11-14-9-10-24-18(23)12-14/h3-5,7-10,12,16-17,20H,2,6,11,13H2,1H3,(H2,23,24)(H,28,29)/t16-,17+,20-/m0/s1. The van der Waals surface area contributed by atoms with E-state index in [0.717, 1.165) is 28.9 Å². The van der Waals surface area contributed by atoms with Gasteiger partial charge in [-0.3, -0.25) is 14.5 Å². The number of nitrogen functional groups attached to an aromatic ring is 1. The minimum absolute atomic E-state index is 0.0463. The summed E-state index contributed by atoms with van der Waals surface area (Å²) in [7, 11) is 0. The number of benzene rings is 1. The zero-order valence-electron chi connectivity index (χ0n) is 16.3. The Morgan fingerprint density at radius 2 is 1.97 bits per heavy atom. The van der Waals surface area contributed by atoms with E-state index in [-0.39, 0.29) is 18.8 Å². The number of hydrogen-bond donors (Lipinski definition) is 2. The van der Waals surface area contributed by atoms with Gasteiger partial charge >= 0.3 is 5.97 Å². The monoisotopic (exact) mass is 395 g/mol. The van der Waals surface area contributed by atoms with E-state index in [4.69, 9.17) is 5.73 Å². The van der Waals surface area contributed by atoms with Gasteiger partial charge in [0.2, 0.25) is 11.8 Å². The van der Waals surface area contributed by atoms with Gasteiger partial charge in [0, 0.05) is 12.6 Å². The van der Waals surface area contributed by atoms with Crippen molar-refractivity contribution in [2.45, 2.75) is 44.6 Å². The molecule has 2 aromatic rings. The highest BCUT2D eigenvalue weighted by atomic mass is 16.4. The van der Waals surface area contributed by atoms with Crippen molar-refractivity contribution in [2.75, 3.05) is 5.73 Å². The molecule has 7 heteroatoms. The second kappa shape index (κ2) is 8.86. The van der Waals surface area contributed by atoms with Gasteiger partial charge < -0.3 is 10.8 Å². The lowest BCUT2D eigenvalue weighted by molar-refractivity contribution is -0.177. The van der Waals surface area contributed by atoms with Crippen molar-refractivity contribution in [1.29, 1.82) is 0 Å². The number of carboxylic acid groups (broad SMARTS) is 1. The summed E-state index contributed by atoms with van der Waals surface area (Å²) in [4.78, 5) is 42.2. The highest BCUT2D eigenvalue weighted by molar-refractivity contribution is 6.08. The smallest absolute Gasteiger partial charge is 0.327 e. The van der Waals surface area contributed by atoms with Gasteiger partial charge in [-0.25, -0.2) is 9.78 Å². The lowest BCUT2D eigenvalue weighted by atomic mass is 9.81. The molecule has 0 bridgehead atoms. The van der Waals surface area contributed by atoms with Crippen LogP contribution in [0.4, 0.5) is 5.82 Å². The van der Waals surface area contributed by atoms with Crippen LogP contribution in [0.15, 0.2) is 48.7 Å². The number of hydrogen-bond acceptors (Lipinski definition) is 5. The fourth-order valence-electron chi connectivity index (χ4n) is 3.95. The first-order valence-corrected chi connectivity index (χ1v) is 9.76. The molecule has 1 aliphatic heterocycles. The van der Waals surface area contributed by atoms with Crippen LogP contribution < -0.4 is 5.73 Å². The zero-order chi connectivity index (χ0) is 21.0. The molecule has 0 aliphatic carbocycles. The van der Waals surface area contributed by atoms with E-state index in [0.29, 0.717) is 5.82 Å². The van der Waals surface area contributed by atoms with Crippen LogP contribution in [-0.4, -0.2) is 38.8 Å². The molecule has 3 N–H and O–H groups in total. The maximum Gasteiger partial charge on any atom is 0.327 e. The molecule has 1 aromatic carbocycles. The van der Waals surface area contributed by atoms with Crippen molar-refractivity contribution in [3.05, 3.63) is 59.8 Å². The minimum Gasteiger partial charge on any atom is -0.480 e. The molecule has 3 atom stereocenters. The third kappa shape index (κ3) is 4.45. The topological polar surface area (TPSA) is 114 Å². The number of likely N-dealkylation sites (tertiary alicyclic amines) is 1. The molecule has 3 rings (SSSR count). The fourth-order valence-corrected chi connectivity index (χ4v) is 3.95. The highest BCUT2D eigenvalue weighted by Crippen LogP contribution is 2.34. The van der Waals surface area contributed by atoms with Crippen LogP contribution in [0, 0.1) is 5.92 Å². The van der Waals surface area contributed by atoms with Crippen LogP contribution in [0.5, 0.6) is 0 Å². The van der Waals surface area contributed by atoms with Crippen molar-refractivity contribution < 1.29 is 19.5 Å². The Kier molecular flexibility index (Phi) is 6.26. The summed E-state index contributed by atoms with van der Waals surface area (Å²) in [5.74, 6) is -2.57. The number of nitrogens with two attached hydrogens (primary N) is 1. The zero-order valence-corrected chi connectivity index (χ0v) is 16.3. The Morgan fingerprint density at radius 3 is 2.59 bits per heavy atom. The van der Waals surface area contributed by atoms with Crippen LogP contribution >= 0.6 is 0 Å². The highest BCUT2D eigenvalue weighted by Gasteiger charge is 2.54. The Balaban J connectivity index is 1.74. The number of carbonyl (C=O) groups excluding carboxylic acids is 2. The quantitative estimate of drug-likeness (QED) is 0.664. The fraction of sp³-hybridized carbons (Fsp3) is 0.364. The molecule has 0 spiro atoms. The first kappa shape index (κ1) is 20.5. The summed E-state index contributed by atoms with van der Waals surface area (Å²) in [6, 6.07) is 11.8. The number of β-lactam (4-membered cyclic amide) rings is 1. The third-order valence-electron chi connectivity index (χ3n) is 5.37. The van der Waals surface area contributed by atoms with E-state index in [2.05, 4.69) is 4.98 Å². The normalized spacial score (nSPS) is 19.5. The SMILES string of the molecule is CCC[C@@H](CC(=O)N1C(=O)[C@H](Cc2ccnc(N)c2)[C@H]1C(=O)O)c1ccccc1. The molecule has 1 aromatic heterocycles. The number of aromatic nitrogens is 1. The van der Waals surface area contributed by atoms with E-state index in [1.807, 2.05) is 37.3 Å². The van der Waals surface area contributed by atoms with E-state index in [9.17, 15) is 19.5 Å². The van der Waals surface area contributed by atoms with E-state index in [1.54, 1.807) is 12.1 Å². The average molecular weight is 395 g/mol. The Morgan fingerprint density at radius 1 is 1.24 bits per heavy atom. The summed E-state index contributed by atoms with van der Waals surface area (Å²) in [6.07, 6.45) is 3.51. The number of carboxylic acids is 1. The largest absolute Gasteiger partial charge is 0.480 e. The molecule has 7 nitrogen and oxygen atoms in total. The predicted octanol–water partition coefficient (Wildman–Crippen LogP) is 2.62. The number of rotatable bonds is 8. The molecule has 0 radical (unpaired) electrons. The second-order valence-electron chi connectivity index (χ2n) is 7.39. The maximum absolute atomic E-state index is 12.9. The van der Waals surface area contributed by atoms with Crippen LogP contribution in [0.2, 0.25) is 0 Å². The number of amides is 2. The molecule has 1 saturated heterocycles. The summed E-state index contributed by atoms with van der Waals surface area (Å²) in [5.41, 5.74) is 7.40. The molecule has 2 amide bonds. The predicted molar refractivity (Wildman–Crippen MR) is 108 cm³/mol. The number of imide groups is 1. The van der Waals surface area contributed by atoms with Crippen LogP contribution in [0.1, 0.15) is 43.2 Å². The lowest BCUT2D eigenvalue weighted by Crippen LogP contribution is -2.66. The average Bonchev–Trinajstić information content (AvgIpc) is 2.70. The number of nitrogens with zero attached hydrogens (tertiary/aromatic N) is 2. The first-order valence-electron chi connectivity index (χ1n) is 9.76. The van der Waals surface area contributed by atoms with E-state index in [1.165, 1.54) is 6.20 Å². The molecular weight excluding hydrogens is 370 g/mol. The Labute approximate surface area is 169 Å². The molecule has 1 fully saturated rings. The van der Waals surface area contributed by atoms with Crippen molar-refractivity contribution in [3.63, 3.8) is 0 Å². The summed E-state index contributed by atoms with van der Waals surface area (Å²) in [6.45, 7) is 2.03. The first-order chi connectivity index (χ1) is 13.9. The van der Waals surface area contributed by atoms with Crippen LogP contribution in [0.3, 0.4) is 0 Å². The molecule has 0 saturated carbocycles. The summed E-state index contributed by atoms with van der Waals surface area (Å²) < 4.78 is 0. The molecular formula is C22H25N3O4. The molecule has 0 unspecified atom stereocenters. The van der Waals surface area contributed by atoms with E-state index >= 15 is 0 Å². The van der Waals surface area contributed by atoms with Gasteiger partial charge in [0.25, 0.3) is 0 Å². The number of aliphatic carboxylic acids is 1. The van der Waals surface area contributed by atoms with Gasteiger partial charge in [0.05, 0.1) is 5.92 Å². The van der Waals surface area contributed by atoms with Gasteiger partial charge in [-0.2, -0.15) is 0 Å². The van der Waals surface area contributed by atoms with Crippen molar-refractivity contribution in [1.82, 2.24) is 9.88 Å². The van der Waals surface area contributed by atoms with Gasteiger partial charge in [-0.1, -0.05) is 43.7 Å². The van der Waals surface area contributed by atoms with Crippen LogP contribution in [-0.2, 0) is 20.8 Å². The van der Waals surface area contributed by atoms with Gasteiger partial charge in [-0.15, -0.1) is 0 Å². The van der Waals surface area contributed by atoms with Crippen molar-refractivity contribution in [3.8, 4) is 0 Å². The maximum atomic E-state index is 12.9. The molecule has 2 heterocycles. The van der Waals surface area contributed by atoms with Crippen LogP contribution in [0.25, 0.3) is 0 Å². The second-order valence-corrected chi connectivity index (χ2v) is 7.39. The summed E-state index contributed by atoms with van der Waals surface area (Å²) >= 11 is 0. The molecule has 1 aliphatic rings. The molecule has 29 heavy (non-hydrogen) atoms. The lowest BCUT2D eigenvalue weighted by Gasteiger charge is -2.43. The van der Waals surface area contributed by atoms with Gasteiger partial charge in [-0.05, 0) is 42.0 Å². The number of anilines is 1.